The normalized spacial score (nSPS) is 9.18. The highest BCUT2D eigenvalue weighted by atomic mass is 15.1. The highest BCUT2D eigenvalue weighted by molar-refractivity contribution is 5.79. The molecular weight excluding hydrogens is 212 g/mol. The highest BCUT2D eigenvalue weighted by Crippen LogP contribution is 2.11. The van der Waals surface area contributed by atoms with Crippen LogP contribution in [-0.2, 0) is 0 Å². The first-order valence-electron chi connectivity index (χ1n) is 5.24. The Morgan fingerprint density at radius 2 is 2.24 bits per heavy atom. The number of para-hydroxylation sites is 1. The first kappa shape index (κ1) is 11.0. The molecule has 2 aromatic rings. The van der Waals surface area contributed by atoms with E-state index >= 15 is 0 Å². The minimum atomic E-state index is 0.407. The summed E-state index contributed by atoms with van der Waals surface area (Å²) in [5.74, 6) is 5.95. The van der Waals surface area contributed by atoms with Gasteiger partial charge in [0.2, 0.25) is 0 Å². The predicted molar refractivity (Wildman–Crippen MR) is 67.3 cm³/mol. The second kappa shape index (κ2) is 5.55. The van der Waals surface area contributed by atoms with Gasteiger partial charge in [0, 0.05) is 35.0 Å². The Morgan fingerprint density at radius 3 is 3.12 bits per heavy atom. The molecule has 0 unspecified atom stereocenters. The van der Waals surface area contributed by atoms with Crippen LogP contribution >= 0.6 is 0 Å². The van der Waals surface area contributed by atoms with Gasteiger partial charge in [0.25, 0.3) is 0 Å². The van der Waals surface area contributed by atoms with Crippen LogP contribution in [0.5, 0.6) is 0 Å². The molecule has 1 aromatic heterocycles. The second-order valence-corrected chi connectivity index (χ2v) is 3.42. The number of benzene rings is 1. The summed E-state index contributed by atoms with van der Waals surface area (Å²) >= 11 is 0. The lowest BCUT2D eigenvalue weighted by atomic mass is 10.1. The van der Waals surface area contributed by atoms with Crippen LogP contribution < -0.4 is 0 Å². The Labute approximate surface area is 98.9 Å². The van der Waals surface area contributed by atoms with Gasteiger partial charge < -0.3 is 0 Å². The summed E-state index contributed by atoms with van der Waals surface area (Å²) in [5.41, 5.74) is 9.95. The molecule has 0 aliphatic carbocycles. The van der Waals surface area contributed by atoms with Gasteiger partial charge in [-0.15, -0.1) is 0 Å². The number of fused-ring (bicyclic) bond motifs is 1. The SMILES string of the molecule is [N-]=[N+]=NCCC#Cc1cnc2ccccc2c1. The quantitative estimate of drug-likeness (QED) is 0.253. The third kappa shape index (κ3) is 2.97. The monoisotopic (exact) mass is 222 g/mol. The highest BCUT2D eigenvalue weighted by Gasteiger charge is 1.93. The maximum atomic E-state index is 8.10. The molecule has 0 saturated carbocycles. The molecule has 1 aromatic carbocycles. The van der Waals surface area contributed by atoms with Crippen molar-refractivity contribution < 1.29 is 0 Å². The molecule has 0 spiro atoms. The van der Waals surface area contributed by atoms with Gasteiger partial charge in [-0.2, -0.15) is 0 Å². The molecule has 4 nitrogen and oxygen atoms in total. The van der Waals surface area contributed by atoms with Crippen LogP contribution in [-0.4, -0.2) is 11.5 Å². The summed E-state index contributed by atoms with van der Waals surface area (Å²) in [6, 6.07) is 9.91. The van der Waals surface area contributed by atoms with E-state index in [0.717, 1.165) is 16.5 Å². The Kier molecular flexibility index (Phi) is 3.59. The van der Waals surface area contributed by atoms with Crippen LogP contribution in [0.2, 0.25) is 0 Å². The molecule has 0 radical (unpaired) electrons. The fourth-order valence-corrected chi connectivity index (χ4v) is 1.45. The smallest absolute Gasteiger partial charge is 0.0702 e. The van der Waals surface area contributed by atoms with Gasteiger partial charge in [0.1, 0.15) is 0 Å². The third-order valence-electron chi connectivity index (χ3n) is 2.22. The van der Waals surface area contributed by atoms with Crippen molar-refractivity contribution in [2.75, 3.05) is 6.54 Å². The fourth-order valence-electron chi connectivity index (χ4n) is 1.45. The standard InChI is InChI=1S/C13H10N4/c14-17-16-8-4-3-5-11-9-12-6-1-2-7-13(12)15-10-11/h1-2,6-7,9-10H,4,8H2. The molecule has 4 heteroatoms. The van der Waals surface area contributed by atoms with Gasteiger partial charge in [-0.3, -0.25) is 4.98 Å². The van der Waals surface area contributed by atoms with Gasteiger partial charge in [-0.05, 0) is 17.7 Å². The van der Waals surface area contributed by atoms with Crippen molar-refractivity contribution in [2.24, 2.45) is 5.11 Å². The second-order valence-electron chi connectivity index (χ2n) is 3.42. The van der Waals surface area contributed by atoms with Crippen molar-refractivity contribution >= 4 is 10.9 Å². The van der Waals surface area contributed by atoms with Crippen molar-refractivity contribution in [3.05, 3.63) is 52.5 Å². The van der Waals surface area contributed by atoms with Crippen LogP contribution in [0.15, 0.2) is 41.6 Å². The van der Waals surface area contributed by atoms with E-state index in [4.69, 9.17) is 5.53 Å². The number of rotatable bonds is 2. The van der Waals surface area contributed by atoms with Gasteiger partial charge in [-0.1, -0.05) is 35.2 Å². The van der Waals surface area contributed by atoms with E-state index in [-0.39, 0.29) is 0 Å². The van der Waals surface area contributed by atoms with Crippen LogP contribution in [0, 0.1) is 11.8 Å². The topological polar surface area (TPSA) is 61.7 Å². The van der Waals surface area contributed by atoms with E-state index in [1.165, 1.54) is 0 Å². The molecule has 0 fully saturated rings. The molecule has 82 valence electrons. The zero-order chi connectivity index (χ0) is 11.9. The number of azide groups is 1. The summed E-state index contributed by atoms with van der Waals surface area (Å²) < 4.78 is 0. The molecule has 0 amide bonds. The lowest BCUT2D eigenvalue weighted by Gasteiger charge is -1.96. The number of pyridine rings is 1. The van der Waals surface area contributed by atoms with Gasteiger partial charge in [-0.25, -0.2) is 0 Å². The minimum absolute atomic E-state index is 0.407. The molecular formula is C13H10N4. The molecule has 0 bridgehead atoms. The number of hydrogen-bond donors (Lipinski definition) is 0. The lowest BCUT2D eigenvalue weighted by Crippen LogP contribution is -1.81. The third-order valence-corrected chi connectivity index (χ3v) is 2.22. The average molecular weight is 222 g/mol. The van der Waals surface area contributed by atoms with Crippen LogP contribution in [0.3, 0.4) is 0 Å². The molecule has 2 rings (SSSR count). The molecule has 0 aliphatic rings. The average Bonchev–Trinajstić information content (AvgIpc) is 2.38. The summed E-state index contributed by atoms with van der Waals surface area (Å²) in [5, 5.41) is 4.49. The fraction of sp³-hybridized carbons (Fsp3) is 0.154. The Balaban J connectivity index is 2.16. The molecule has 0 atom stereocenters. The minimum Gasteiger partial charge on any atom is -0.255 e. The van der Waals surface area contributed by atoms with Crippen molar-refractivity contribution in [3.63, 3.8) is 0 Å². The predicted octanol–water partition coefficient (Wildman–Crippen LogP) is 3.29. The number of hydrogen-bond acceptors (Lipinski definition) is 2. The number of nitrogens with zero attached hydrogens (tertiary/aromatic N) is 4. The van der Waals surface area contributed by atoms with Crippen molar-refractivity contribution in [1.82, 2.24) is 4.98 Å². The zero-order valence-corrected chi connectivity index (χ0v) is 9.17. The summed E-state index contributed by atoms with van der Waals surface area (Å²) in [7, 11) is 0. The van der Waals surface area contributed by atoms with Crippen LogP contribution in [0.1, 0.15) is 12.0 Å². The Morgan fingerprint density at radius 1 is 1.35 bits per heavy atom. The van der Waals surface area contributed by atoms with E-state index in [9.17, 15) is 0 Å². The molecule has 0 aliphatic heterocycles. The Hall–Kier alpha value is -2.50. The summed E-state index contributed by atoms with van der Waals surface area (Å²) in [6.45, 7) is 0.407. The molecule has 17 heavy (non-hydrogen) atoms. The van der Waals surface area contributed by atoms with Gasteiger partial charge in [0.15, 0.2) is 0 Å². The maximum Gasteiger partial charge on any atom is 0.0702 e. The Bertz CT molecular complexity index is 630. The van der Waals surface area contributed by atoms with Gasteiger partial charge >= 0.3 is 0 Å². The van der Waals surface area contributed by atoms with Crippen molar-refractivity contribution in [1.29, 1.82) is 0 Å². The van der Waals surface area contributed by atoms with E-state index in [1.54, 1.807) is 6.20 Å². The largest absolute Gasteiger partial charge is 0.255 e. The van der Waals surface area contributed by atoms with Crippen molar-refractivity contribution in [2.45, 2.75) is 6.42 Å². The summed E-state index contributed by atoms with van der Waals surface area (Å²) in [4.78, 5) is 6.98. The number of aromatic nitrogens is 1. The lowest BCUT2D eigenvalue weighted by molar-refractivity contribution is 1.01. The van der Waals surface area contributed by atoms with Gasteiger partial charge in [0.05, 0.1) is 5.52 Å². The first-order valence-corrected chi connectivity index (χ1v) is 5.24. The van der Waals surface area contributed by atoms with Crippen LogP contribution in [0.4, 0.5) is 0 Å². The maximum absolute atomic E-state index is 8.10. The van der Waals surface area contributed by atoms with E-state index < -0.39 is 0 Å². The molecule has 0 N–H and O–H groups in total. The van der Waals surface area contributed by atoms with E-state index in [2.05, 4.69) is 26.9 Å². The molecule has 0 saturated heterocycles. The van der Waals surface area contributed by atoms with Crippen molar-refractivity contribution in [3.8, 4) is 11.8 Å². The van der Waals surface area contributed by atoms with E-state index in [1.807, 2.05) is 30.3 Å². The first-order chi connectivity index (χ1) is 8.40. The van der Waals surface area contributed by atoms with Crippen LogP contribution in [0.25, 0.3) is 21.3 Å². The molecule has 1 heterocycles. The summed E-state index contributed by atoms with van der Waals surface area (Å²) in [6.07, 6.45) is 2.32. The zero-order valence-electron chi connectivity index (χ0n) is 9.17. The van der Waals surface area contributed by atoms with E-state index in [0.29, 0.717) is 13.0 Å².